The molecule has 1 fully saturated rings. The number of rotatable bonds is 3. The van der Waals surface area contributed by atoms with Crippen molar-refractivity contribution in [3.63, 3.8) is 0 Å². The van der Waals surface area contributed by atoms with Gasteiger partial charge >= 0.3 is 7.12 Å². The minimum absolute atomic E-state index is 0.409. The molecule has 3 aliphatic rings. The van der Waals surface area contributed by atoms with Crippen LogP contribution in [-0.2, 0) is 14.7 Å². The van der Waals surface area contributed by atoms with Crippen LogP contribution in [0.2, 0.25) is 0 Å². The minimum atomic E-state index is -0.508. The number of benzene rings is 4. The van der Waals surface area contributed by atoms with Gasteiger partial charge in [0.15, 0.2) is 0 Å². The summed E-state index contributed by atoms with van der Waals surface area (Å²) in [5, 5.41) is 0. The molecule has 1 heterocycles. The van der Waals surface area contributed by atoms with Crippen LogP contribution in [-0.4, -0.2) is 18.3 Å². The molecule has 0 aromatic heterocycles. The first kappa shape index (κ1) is 27.0. The van der Waals surface area contributed by atoms with Crippen LogP contribution in [0.15, 0.2) is 120 Å². The first-order valence-electron chi connectivity index (χ1n) is 15.0. The summed E-state index contributed by atoms with van der Waals surface area (Å²) in [6.07, 6.45) is 6.91. The molecule has 0 amide bonds. The lowest BCUT2D eigenvalue weighted by atomic mass is 9.64. The molecule has 7 rings (SSSR count). The van der Waals surface area contributed by atoms with Gasteiger partial charge in [-0.25, -0.2) is 0 Å². The molecular formula is C39H37BO2. The molecule has 1 spiro atoms. The van der Waals surface area contributed by atoms with Crippen molar-refractivity contribution in [1.29, 1.82) is 0 Å². The van der Waals surface area contributed by atoms with Crippen molar-refractivity contribution in [2.24, 2.45) is 0 Å². The highest BCUT2D eigenvalue weighted by molar-refractivity contribution is 6.62. The summed E-state index contributed by atoms with van der Waals surface area (Å²) in [4.78, 5) is 0. The maximum atomic E-state index is 6.57. The van der Waals surface area contributed by atoms with Crippen molar-refractivity contribution in [3.8, 4) is 11.1 Å². The number of hydrogen-bond acceptors (Lipinski definition) is 2. The van der Waals surface area contributed by atoms with E-state index in [1.54, 1.807) is 0 Å². The Kier molecular flexibility index (Phi) is 6.13. The molecule has 0 saturated carbocycles. The molecule has 4 aromatic carbocycles. The zero-order valence-corrected chi connectivity index (χ0v) is 25.4. The van der Waals surface area contributed by atoms with Crippen LogP contribution in [0, 0.1) is 0 Å². The fraction of sp³-hybridized carbons (Fsp3) is 0.231. The third-order valence-corrected chi connectivity index (χ3v) is 9.89. The summed E-state index contributed by atoms with van der Waals surface area (Å²) in [5.41, 5.74) is 12.4. The minimum Gasteiger partial charge on any atom is -0.399 e. The van der Waals surface area contributed by atoms with Gasteiger partial charge in [-0.1, -0.05) is 109 Å². The van der Waals surface area contributed by atoms with E-state index in [-0.39, 0.29) is 0 Å². The second kappa shape index (κ2) is 9.56. The monoisotopic (exact) mass is 548 g/mol. The van der Waals surface area contributed by atoms with Crippen molar-refractivity contribution >= 4 is 24.2 Å². The maximum Gasteiger partial charge on any atom is 0.494 e. The molecule has 3 heteroatoms. The van der Waals surface area contributed by atoms with Crippen LogP contribution < -0.4 is 5.46 Å². The number of fused-ring (bicyclic) bond motifs is 7. The Morgan fingerprint density at radius 1 is 0.667 bits per heavy atom. The van der Waals surface area contributed by atoms with E-state index in [2.05, 4.69) is 157 Å². The van der Waals surface area contributed by atoms with E-state index in [1.165, 1.54) is 55.7 Å². The molecule has 4 aromatic rings. The standard InChI is InChI=1S/C39H37BO2/c1-7-15-33-26(2)32(27-16-9-8-10-17-27)24-28-18-11-13-20-34(28)39(33)35-21-14-12-19-30(35)31-23-22-29(25-36(31)39)40-41-37(3,4)38(5,6)42-40/h7-25H,1-6H3/b15-7-. The van der Waals surface area contributed by atoms with Crippen molar-refractivity contribution in [2.75, 3.05) is 0 Å². The van der Waals surface area contributed by atoms with Crippen LogP contribution in [0.25, 0.3) is 22.8 Å². The number of allylic oxidation sites excluding steroid dienone is 5. The molecular weight excluding hydrogens is 511 g/mol. The van der Waals surface area contributed by atoms with E-state index in [4.69, 9.17) is 9.31 Å². The van der Waals surface area contributed by atoms with Crippen molar-refractivity contribution in [3.05, 3.63) is 148 Å². The first-order valence-corrected chi connectivity index (χ1v) is 15.0. The quantitative estimate of drug-likeness (QED) is 0.238. The van der Waals surface area contributed by atoms with Crippen LogP contribution in [0.1, 0.15) is 69.4 Å². The highest BCUT2D eigenvalue weighted by Gasteiger charge is 2.53. The van der Waals surface area contributed by atoms with Gasteiger partial charge in [0.2, 0.25) is 0 Å². The van der Waals surface area contributed by atoms with Gasteiger partial charge < -0.3 is 9.31 Å². The number of hydrogen-bond donors (Lipinski definition) is 0. The predicted molar refractivity (Wildman–Crippen MR) is 176 cm³/mol. The lowest BCUT2D eigenvalue weighted by Crippen LogP contribution is -2.41. The Labute approximate surface area is 250 Å². The molecule has 1 unspecified atom stereocenters. The topological polar surface area (TPSA) is 18.5 Å². The molecule has 208 valence electrons. The highest BCUT2D eigenvalue weighted by Crippen LogP contribution is 2.59. The molecule has 1 saturated heterocycles. The van der Waals surface area contributed by atoms with E-state index < -0.39 is 23.7 Å². The Hall–Kier alpha value is -3.92. The van der Waals surface area contributed by atoms with Crippen molar-refractivity contribution < 1.29 is 9.31 Å². The van der Waals surface area contributed by atoms with E-state index in [1.807, 2.05) is 0 Å². The van der Waals surface area contributed by atoms with Gasteiger partial charge in [0, 0.05) is 0 Å². The van der Waals surface area contributed by atoms with Crippen molar-refractivity contribution in [2.45, 2.75) is 58.2 Å². The molecule has 2 aliphatic carbocycles. The molecule has 0 bridgehead atoms. The van der Waals surface area contributed by atoms with Gasteiger partial charge in [-0.2, -0.15) is 0 Å². The Bertz CT molecular complexity index is 1790. The third-order valence-electron chi connectivity index (χ3n) is 9.89. The average molecular weight is 549 g/mol. The fourth-order valence-electron chi connectivity index (χ4n) is 7.14. The van der Waals surface area contributed by atoms with Gasteiger partial charge in [0.05, 0.1) is 16.6 Å². The molecule has 1 atom stereocenters. The Morgan fingerprint density at radius 2 is 1.29 bits per heavy atom. The summed E-state index contributed by atoms with van der Waals surface area (Å²) in [6, 6.07) is 35.5. The van der Waals surface area contributed by atoms with E-state index in [0.29, 0.717) is 0 Å². The molecule has 2 nitrogen and oxygen atoms in total. The smallest absolute Gasteiger partial charge is 0.399 e. The van der Waals surface area contributed by atoms with Gasteiger partial charge in [-0.15, -0.1) is 0 Å². The fourth-order valence-corrected chi connectivity index (χ4v) is 7.14. The first-order chi connectivity index (χ1) is 20.2. The third kappa shape index (κ3) is 3.73. The molecule has 0 N–H and O–H groups in total. The maximum absolute atomic E-state index is 6.57. The molecule has 1 aliphatic heterocycles. The van der Waals surface area contributed by atoms with Crippen LogP contribution >= 0.6 is 0 Å². The van der Waals surface area contributed by atoms with E-state index in [9.17, 15) is 0 Å². The second-order valence-electron chi connectivity index (χ2n) is 12.7. The second-order valence-corrected chi connectivity index (χ2v) is 12.7. The zero-order valence-electron chi connectivity index (χ0n) is 25.4. The van der Waals surface area contributed by atoms with Crippen LogP contribution in [0.3, 0.4) is 0 Å². The largest absolute Gasteiger partial charge is 0.494 e. The lowest BCUT2D eigenvalue weighted by molar-refractivity contribution is 0.00578. The molecule has 0 radical (unpaired) electrons. The van der Waals surface area contributed by atoms with Gasteiger partial charge in [-0.05, 0) is 109 Å². The average Bonchev–Trinajstić information content (AvgIpc) is 3.36. The SMILES string of the molecule is C/C=C\C1=C(C)C(c2ccccc2)=Cc2ccccc2C12c1ccccc1-c1ccc(B3OC(C)(C)C(C)(C)O3)cc12. The summed E-state index contributed by atoms with van der Waals surface area (Å²) in [7, 11) is -0.435. The summed E-state index contributed by atoms with van der Waals surface area (Å²) in [6.45, 7) is 12.9. The van der Waals surface area contributed by atoms with E-state index >= 15 is 0 Å². The predicted octanol–water partition coefficient (Wildman–Crippen LogP) is 8.75. The normalized spacial score (nSPS) is 21.8. The highest BCUT2D eigenvalue weighted by atomic mass is 16.7. The Morgan fingerprint density at radius 3 is 2.00 bits per heavy atom. The van der Waals surface area contributed by atoms with E-state index in [0.717, 1.165) is 5.46 Å². The van der Waals surface area contributed by atoms with Crippen LogP contribution in [0.4, 0.5) is 0 Å². The Balaban J connectivity index is 1.57. The molecule has 42 heavy (non-hydrogen) atoms. The lowest BCUT2D eigenvalue weighted by Gasteiger charge is -2.36. The zero-order chi connectivity index (χ0) is 29.3. The summed E-state index contributed by atoms with van der Waals surface area (Å²) in [5.74, 6) is 0. The van der Waals surface area contributed by atoms with Gasteiger partial charge in [0.1, 0.15) is 0 Å². The van der Waals surface area contributed by atoms with Gasteiger partial charge in [-0.3, -0.25) is 0 Å². The van der Waals surface area contributed by atoms with Crippen LogP contribution in [0.5, 0.6) is 0 Å². The van der Waals surface area contributed by atoms with Crippen molar-refractivity contribution in [1.82, 2.24) is 0 Å². The van der Waals surface area contributed by atoms with Gasteiger partial charge in [0.25, 0.3) is 0 Å². The summed E-state index contributed by atoms with van der Waals surface area (Å²) < 4.78 is 13.1. The summed E-state index contributed by atoms with van der Waals surface area (Å²) >= 11 is 0.